The van der Waals surface area contributed by atoms with Gasteiger partial charge in [-0.3, -0.25) is 9.78 Å². The Bertz CT molecular complexity index is 344. The quantitative estimate of drug-likeness (QED) is 0.576. The molecule has 1 rings (SSSR count). The number of hydrogen-bond acceptors (Lipinski definition) is 3. The van der Waals surface area contributed by atoms with Crippen LogP contribution in [0.5, 0.6) is 0 Å². The number of hydrazone groups is 1. The smallest absolute Gasteiger partial charge is 0.267 e. The summed E-state index contributed by atoms with van der Waals surface area (Å²) in [6.07, 6.45) is 8.15. The van der Waals surface area contributed by atoms with Crippen LogP contribution in [-0.4, -0.2) is 17.1 Å². The summed E-state index contributed by atoms with van der Waals surface area (Å²) >= 11 is 0. The van der Waals surface area contributed by atoms with E-state index in [1.165, 1.54) is 12.4 Å². The number of carbonyl (C=O) groups excluding carboxylic acids is 1. The fourth-order valence-corrected chi connectivity index (χ4v) is 0.787. The number of aromatic nitrogens is 1. The molecule has 0 saturated carbocycles. The molecule has 4 nitrogen and oxygen atoms in total. The Hall–Kier alpha value is -1.97. The van der Waals surface area contributed by atoms with Gasteiger partial charge in [-0.05, 0) is 25.1 Å². The molecule has 0 aromatic carbocycles. The van der Waals surface area contributed by atoms with Crippen molar-refractivity contribution < 1.29 is 4.79 Å². The van der Waals surface area contributed by atoms with Gasteiger partial charge in [0.1, 0.15) is 0 Å². The van der Waals surface area contributed by atoms with Gasteiger partial charge in [0.25, 0.3) is 5.91 Å². The first kappa shape index (κ1) is 10.1. The lowest BCUT2D eigenvalue weighted by molar-refractivity contribution is 0.0955. The Morgan fingerprint density at radius 2 is 2.50 bits per heavy atom. The second-order valence-electron chi connectivity index (χ2n) is 2.49. The highest BCUT2D eigenvalue weighted by atomic mass is 16.2. The standard InChI is InChI=1S/C10H11N3O/c1-2-3-7-12-13-10(14)9-5-4-6-11-8-9/h2-8H,1H3,(H,13,14). The summed E-state index contributed by atoms with van der Waals surface area (Å²) in [5, 5.41) is 3.70. The van der Waals surface area contributed by atoms with Gasteiger partial charge in [0.05, 0.1) is 5.56 Å². The molecule has 0 radical (unpaired) electrons. The van der Waals surface area contributed by atoms with Crippen LogP contribution >= 0.6 is 0 Å². The van der Waals surface area contributed by atoms with Gasteiger partial charge < -0.3 is 0 Å². The van der Waals surface area contributed by atoms with E-state index in [1.807, 2.05) is 13.0 Å². The number of hydrogen-bond donors (Lipinski definition) is 1. The second kappa shape index (κ2) is 5.64. The van der Waals surface area contributed by atoms with Gasteiger partial charge in [0, 0.05) is 18.6 Å². The fourth-order valence-electron chi connectivity index (χ4n) is 0.787. The van der Waals surface area contributed by atoms with Crippen LogP contribution < -0.4 is 5.43 Å². The predicted octanol–water partition coefficient (Wildman–Crippen LogP) is 1.37. The van der Waals surface area contributed by atoms with Gasteiger partial charge in [0.2, 0.25) is 0 Å². The molecule has 1 heterocycles. The average Bonchev–Trinajstić information content (AvgIpc) is 2.25. The van der Waals surface area contributed by atoms with Crippen molar-refractivity contribution in [2.45, 2.75) is 6.92 Å². The summed E-state index contributed by atoms with van der Waals surface area (Å²) in [5.41, 5.74) is 2.86. The molecule has 0 bridgehead atoms. The molecule has 0 aliphatic carbocycles. The van der Waals surface area contributed by atoms with Crippen molar-refractivity contribution in [3.8, 4) is 0 Å². The maximum absolute atomic E-state index is 11.3. The highest BCUT2D eigenvalue weighted by Crippen LogP contribution is 1.94. The Kier molecular flexibility index (Phi) is 4.07. The molecule has 4 heteroatoms. The van der Waals surface area contributed by atoms with E-state index in [2.05, 4.69) is 15.5 Å². The highest BCUT2D eigenvalue weighted by Gasteiger charge is 2.01. The third-order valence-electron chi connectivity index (χ3n) is 1.44. The van der Waals surface area contributed by atoms with Crippen molar-refractivity contribution in [2.24, 2.45) is 5.10 Å². The number of amides is 1. The molecule has 1 aromatic heterocycles. The number of pyridine rings is 1. The van der Waals surface area contributed by atoms with E-state index in [4.69, 9.17) is 0 Å². The Morgan fingerprint density at radius 3 is 3.14 bits per heavy atom. The third-order valence-corrected chi connectivity index (χ3v) is 1.44. The number of nitrogens with one attached hydrogen (secondary N) is 1. The predicted molar refractivity (Wildman–Crippen MR) is 55.0 cm³/mol. The van der Waals surface area contributed by atoms with E-state index >= 15 is 0 Å². The molecule has 1 N–H and O–H groups in total. The van der Waals surface area contributed by atoms with Gasteiger partial charge in [-0.1, -0.05) is 6.08 Å². The second-order valence-corrected chi connectivity index (χ2v) is 2.49. The molecule has 0 spiro atoms. The number of allylic oxidation sites excluding steroid dienone is 2. The maximum atomic E-state index is 11.3. The van der Waals surface area contributed by atoms with Crippen molar-refractivity contribution in [1.29, 1.82) is 0 Å². The number of rotatable bonds is 3. The van der Waals surface area contributed by atoms with Crippen LogP contribution in [0.1, 0.15) is 17.3 Å². The average molecular weight is 189 g/mol. The van der Waals surface area contributed by atoms with E-state index in [-0.39, 0.29) is 5.91 Å². The molecule has 14 heavy (non-hydrogen) atoms. The highest BCUT2D eigenvalue weighted by molar-refractivity contribution is 5.94. The number of carbonyl (C=O) groups is 1. The van der Waals surface area contributed by atoms with Crippen LogP contribution in [0.3, 0.4) is 0 Å². The molecule has 1 aromatic rings. The topological polar surface area (TPSA) is 54.4 Å². The minimum atomic E-state index is -0.265. The monoisotopic (exact) mass is 189 g/mol. The van der Waals surface area contributed by atoms with Crippen molar-refractivity contribution >= 4 is 12.1 Å². The summed E-state index contributed by atoms with van der Waals surface area (Å²) in [7, 11) is 0. The zero-order valence-electron chi connectivity index (χ0n) is 7.84. The lowest BCUT2D eigenvalue weighted by Crippen LogP contribution is -2.17. The summed E-state index contributed by atoms with van der Waals surface area (Å²) in [5.74, 6) is -0.265. The van der Waals surface area contributed by atoms with Gasteiger partial charge in [-0.15, -0.1) is 0 Å². The largest absolute Gasteiger partial charge is 0.272 e. The van der Waals surface area contributed by atoms with Crippen molar-refractivity contribution in [2.75, 3.05) is 0 Å². The van der Waals surface area contributed by atoms with Gasteiger partial charge in [-0.2, -0.15) is 5.10 Å². The van der Waals surface area contributed by atoms with Crippen LogP contribution in [0, 0.1) is 0 Å². The Balaban J connectivity index is 2.52. The first-order valence-electron chi connectivity index (χ1n) is 4.19. The first-order valence-corrected chi connectivity index (χ1v) is 4.19. The Labute approximate surface area is 82.4 Å². The molecule has 0 unspecified atom stereocenters. The van der Waals surface area contributed by atoms with Crippen LogP contribution in [0.25, 0.3) is 0 Å². The third kappa shape index (κ3) is 3.18. The van der Waals surface area contributed by atoms with Crippen molar-refractivity contribution in [1.82, 2.24) is 10.4 Å². The molecule has 0 aliphatic rings. The lowest BCUT2D eigenvalue weighted by Gasteiger charge is -1.96. The van der Waals surface area contributed by atoms with Crippen LogP contribution in [-0.2, 0) is 0 Å². The molecule has 0 fully saturated rings. The molecule has 72 valence electrons. The van der Waals surface area contributed by atoms with Crippen LogP contribution in [0.2, 0.25) is 0 Å². The zero-order chi connectivity index (χ0) is 10.2. The summed E-state index contributed by atoms with van der Waals surface area (Å²) in [6.45, 7) is 1.87. The fraction of sp³-hybridized carbons (Fsp3) is 0.100. The number of nitrogens with zero attached hydrogens (tertiary/aromatic N) is 2. The van der Waals surface area contributed by atoms with Crippen molar-refractivity contribution in [3.05, 3.63) is 42.2 Å². The Morgan fingerprint density at radius 1 is 1.64 bits per heavy atom. The normalized spacial score (nSPS) is 10.9. The summed E-state index contributed by atoms with van der Waals surface area (Å²) < 4.78 is 0. The van der Waals surface area contributed by atoms with Gasteiger partial charge >= 0.3 is 0 Å². The maximum Gasteiger partial charge on any atom is 0.272 e. The molecular weight excluding hydrogens is 178 g/mol. The van der Waals surface area contributed by atoms with E-state index in [0.29, 0.717) is 5.56 Å². The SMILES string of the molecule is CC=CC=NNC(=O)c1cccnc1. The van der Waals surface area contributed by atoms with Crippen molar-refractivity contribution in [3.63, 3.8) is 0 Å². The molecule has 0 saturated heterocycles. The van der Waals surface area contributed by atoms with E-state index in [9.17, 15) is 4.79 Å². The van der Waals surface area contributed by atoms with Crippen LogP contribution in [0.15, 0.2) is 41.8 Å². The van der Waals surface area contributed by atoms with E-state index in [0.717, 1.165) is 0 Å². The molecular formula is C10H11N3O. The van der Waals surface area contributed by atoms with Gasteiger partial charge in [-0.25, -0.2) is 5.43 Å². The minimum absolute atomic E-state index is 0.265. The molecule has 0 atom stereocenters. The lowest BCUT2D eigenvalue weighted by atomic mass is 10.3. The van der Waals surface area contributed by atoms with Crippen LogP contribution in [0.4, 0.5) is 0 Å². The molecule has 0 aliphatic heterocycles. The first-order chi connectivity index (χ1) is 6.84. The zero-order valence-corrected chi connectivity index (χ0v) is 7.84. The summed E-state index contributed by atoms with van der Waals surface area (Å²) in [4.78, 5) is 15.1. The molecule has 1 amide bonds. The van der Waals surface area contributed by atoms with E-state index in [1.54, 1.807) is 24.4 Å². The van der Waals surface area contributed by atoms with E-state index < -0.39 is 0 Å². The minimum Gasteiger partial charge on any atom is -0.267 e. The summed E-state index contributed by atoms with van der Waals surface area (Å²) in [6, 6.07) is 3.37. The van der Waals surface area contributed by atoms with Gasteiger partial charge in [0.15, 0.2) is 0 Å².